The maximum absolute atomic E-state index is 11.9. The van der Waals surface area contributed by atoms with Crippen molar-refractivity contribution in [3.63, 3.8) is 0 Å². The number of aromatic amines is 1. The highest BCUT2D eigenvalue weighted by Gasteiger charge is 2.54. The molecule has 2 bridgehead atoms. The van der Waals surface area contributed by atoms with Gasteiger partial charge in [-0.3, -0.25) is 4.79 Å². The van der Waals surface area contributed by atoms with E-state index in [1.807, 2.05) is 23.9 Å². The van der Waals surface area contributed by atoms with Gasteiger partial charge in [0.05, 0.1) is 5.03 Å². The number of aromatic nitrogens is 1. The molecule has 0 spiro atoms. The number of nitrogens with one attached hydrogen (secondary N) is 1. The minimum absolute atomic E-state index is 0.0635. The van der Waals surface area contributed by atoms with E-state index in [1.165, 1.54) is 41.0 Å². The molecule has 2 aromatic rings. The SMILES string of the molecule is O=c1[nH]c2c(s1)[C@H](c1ccc(O)cc1)[C@H]1[C@H]3CC[C@@H](C3)[C@H]1S2. The molecular weight excluding hydrogens is 314 g/mol. The lowest BCUT2D eigenvalue weighted by Gasteiger charge is -2.40. The second-order valence-corrected chi connectivity index (χ2v) is 8.97. The number of thioether (sulfide) groups is 1. The van der Waals surface area contributed by atoms with Crippen molar-refractivity contribution in [2.45, 2.75) is 35.5 Å². The fraction of sp³-hybridized carbons (Fsp3) is 0.471. The number of aromatic hydroxyl groups is 1. The standard InChI is InChI=1S/C17H17NO2S2/c19-11-5-3-8(4-6-11)12-13-9-1-2-10(7-9)14(13)21-16-15(12)22-17(20)18-16/h3-6,9-10,12-14,19H,1-2,7H2,(H,18,20)/t9-,10-,12+,13+,14+/m0/s1. The van der Waals surface area contributed by atoms with Gasteiger partial charge in [-0.25, -0.2) is 0 Å². The van der Waals surface area contributed by atoms with Crippen molar-refractivity contribution < 1.29 is 5.11 Å². The minimum Gasteiger partial charge on any atom is -0.508 e. The van der Waals surface area contributed by atoms with Gasteiger partial charge in [0, 0.05) is 16.0 Å². The molecule has 2 heterocycles. The number of phenols is 1. The first-order valence-corrected chi connectivity index (χ1v) is 9.59. The van der Waals surface area contributed by atoms with Crippen molar-refractivity contribution in [1.82, 2.24) is 4.98 Å². The van der Waals surface area contributed by atoms with Gasteiger partial charge in [0.25, 0.3) is 0 Å². The number of phenolic OH excluding ortho intramolecular Hbond substituents is 1. The number of thiazole rings is 1. The average Bonchev–Trinajstić information content (AvgIpc) is 3.19. The molecule has 1 aromatic heterocycles. The van der Waals surface area contributed by atoms with Crippen LogP contribution >= 0.6 is 23.1 Å². The smallest absolute Gasteiger partial charge is 0.305 e. The van der Waals surface area contributed by atoms with Gasteiger partial charge in [-0.05, 0) is 54.7 Å². The quantitative estimate of drug-likeness (QED) is 0.836. The number of hydrogen-bond donors (Lipinski definition) is 2. The Labute approximate surface area is 136 Å². The summed E-state index contributed by atoms with van der Waals surface area (Å²) in [6.45, 7) is 0. The summed E-state index contributed by atoms with van der Waals surface area (Å²) < 4.78 is 0. The van der Waals surface area contributed by atoms with Gasteiger partial charge in [-0.2, -0.15) is 0 Å². The Bertz CT molecular complexity index is 779. The van der Waals surface area contributed by atoms with Gasteiger partial charge < -0.3 is 10.1 Å². The summed E-state index contributed by atoms with van der Waals surface area (Å²) in [6.07, 6.45) is 4.05. The van der Waals surface area contributed by atoms with Gasteiger partial charge >= 0.3 is 4.87 Å². The van der Waals surface area contributed by atoms with E-state index in [0.29, 0.717) is 22.8 Å². The van der Waals surface area contributed by atoms with E-state index >= 15 is 0 Å². The van der Waals surface area contributed by atoms with E-state index in [9.17, 15) is 9.90 Å². The first kappa shape index (κ1) is 13.3. The van der Waals surface area contributed by atoms with Gasteiger partial charge in [-0.1, -0.05) is 23.5 Å². The molecule has 3 aliphatic rings. The summed E-state index contributed by atoms with van der Waals surface area (Å²) in [5, 5.41) is 11.3. The van der Waals surface area contributed by atoms with Crippen LogP contribution in [0, 0.1) is 17.8 Å². The summed E-state index contributed by atoms with van der Waals surface area (Å²) in [7, 11) is 0. The second kappa shape index (κ2) is 4.65. The van der Waals surface area contributed by atoms with Crippen LogP contribution in [0.15, 0.2) is 34.1 Å². The van der Waals surface area contributed by atoms with Crippen LogP contribution < -0.4 is 4.87 Å². The highest BCUT2D eigenvalue weighted by molar-refractivity contribution is 8.00. The summed E-state index contributed by atoms with van der Waals surface area (Å²) >= 11 is 3.30. The highest BCUT2D eigenvalue weighted by Crippen LogP contribution is 2.63. The van der Waals surface area contributed by atoms with Crippen LogP contribution in [0.3, 0.4) is 0 Å². The second-order valence-electron chi connectivity index (χ2n) is 6.77. The van der Waals surface area contributed by atoms with Crippen LogP contribution in [0.1, 0.15) is 35.6 Å². The zero-order valence-electron chi connectivity index (χ0n) is 12.0. The molecular formula is C17H17NO2S2. The van der Waals surface area contributed by atoms with Crippen molar-refractivity contribution in [3.8, 4) is 5.75 Å². The van der Waals surface area contributed by atoms with E-state index < -0.39 is 0 Å². The van der Waals surface area contributed by atoms with Crippen LogP contribution in [0.5, 0.6) is 5.75 Å². The minimum atomic E-state index is 0.0635. The number of hydrogen-bond acceptors (Lipinski definition) is 4. The molecule has 2 fully saturated rings. The Morgan fingerprint density at radius 2 is 1.91 bits per heavy atom. The summed E-state index contributed by atoms with van der Waals surface area (Å²) in [5.74, 6) is 2.89. The third-order valence-corrected chi connectivity index (χ3v) is 8.34. The zero-order chi connectivity index (χ0) is 14.8. The van der Waals surface area contributed by atoms with Gasteiger partial charge in [-0.15, -0.1) is 11.8 Å². The molecule has 2 N–H and O–H groups in total. The predicted molar refractivity (Wildman–Crippen MR) is 88.9 cm³/mol. The van der Waals surface area contributed by atoms with Crippen molar-refractivity contribution in [3.05, 3.63) is 44.4 Å². The number of benzene rings is 1. The summed E-state index contributed by atoms with van der Waals surface area (Å²) in [6, 6.07) is 7.61. The maximum Gasteiger partial charge on any atom is 0.305 e. The van der Waals surface area contributed by atoms with Crippen LogP contribution in [-0.4, -0.2) is 15.3 Å². The van der Waals surface area contributed by atoms with Crippen molar-refractivity contribution in [2.75, 3.05) is 0 Å². The van der Waals surface area contributed by atoms with Crippen LogP contribution in [0.2, 0.25) is 0 Å². The van der Waals surface area contributed by atoms with E-state index in [0.717, 1.165) is 16.9 Å². The normalized spacial score (nSPS) is 35.4. The third kappa shape index (κ3) is 1.78. The molecule has 114 valence electrons. The number of H-pyrrole nitrogens is 1. The Morgan fingerprint density at radius 1 is 1.14 bits per heavy atom. The zero-order valence-corrected chi connectivity index (χ0v) is 13.6. The van der Waals surface area contributed by atoms with E-state index in [4.69, 9.17) is 0 Å². The van der Waals surface area contributed by atoms with Crippen molar-refractivity contribution >= 4 is 23.1 Å². The predicted octanol–water partition coefficient (Wildman–Crippen LogP) is 3.79. The third-order valence-electron chi connectivity index (χ3n) is 5.72. The Kier molecular flexibility index (Phi) is 2.80. The lowest BCUT2D eigenvalue weighted by Crippen LogP contribution is -2.33. The van der Waals surface area contributed by atoms with Gasteiger partial charge in [0.1, 0.15) is 5.75 Å². The Hall–Kier alpha value is -1.20. The van der Waals surface area contributed by atoms with Gasteiger partial charge in [0.15, 0.2) is 0 Å². The molecule has 2 saturated carbocycles. The Morgan fingerprint density at radius 3 is 2.73 bits per heavy atom. The molecule has 5 heteroatoms. The van der Waals surface area contributed by atoms with Crippen LogP contribution in [0.4, 0.5) is 0 Å². The lowest BCUT2D eigenvalue weighted by atomic mass is 9.75. The molecule has 0 amide bonds. The Balaban J connectivity index is 1.68. The lowest BCUT2D eigenvalue weighted by molar-refractivity contribution is 0.307. The number of rotatable bonds is 1. The molecule has 5 atom stereocenters. The maximum atomic E-state index is 11.9. The molecule has 5 rings (SSSR count). The molecule has 22 heavy (non-hydrogen) atoms. The molecule has 0 unspecified atom stereocenters. The van der Waals surface area contributed by atoms with Crippen molar-refractivity contribution in [1.29, 1.82) is 0 Å². The summed E-state index contributed by atoms with van der Waals surface area (Å²) in [4.78, 5) is 16.2. The highest BCUT2D eigenvalue weighted by atomic mass is 32.2. The van der Waals surface area contributed by atoms with Crippen LogP contribution in [0.25, 0.3) is 0 Å². The molecule has 2 aliphatic carbocycles. The molecule has 3 nitrogen and oxygen atoms in total. The van der Waals surface area contributed by atoms with Gasteiger partial charge in [0.2, 0.25) is 0 Å². The fourth-order valence-corrected chi connectivity index (χ4v) is 7.80. The topological polar surface area (TPSA) is 53.1 Å². The molecule has 0 radical (unpaired) electrons. The largest absolute Gasteiger partial charge is 0.508 e. The summed E-state index contributed by atoms with van der Waals surface area (Å²) in [5.41, 5.74) is 1.25. The average molecular weight is 331 g/mol. The first-order valence-electron chi connectivity index (χ1n) is 7.89. The molecule has 1 aromatic carbocycles. The monoisotopic (exact) mass is 331 g/mol. The van der Waals surface area contributed by atoms with E-state index in [1.54, 1.807) is 12.1 Å². The van der Waals surface area contributed by atoms with E-state index in [2.05, 4.69) is 4.98 Å². The molecule has 1 aliphatic heterocycles. The number of fused-ring (bicyclic) bond motifs is 6. The molecule has 0 saturated heterocycles. The first-order chi connectivity index (χ1) is 10.7. The van der Waals surface area contributed by atoms with Crippen LogP contribution in [-0.2, 0) is 0 Å². The van der Waals surface area contributed by atoms with Crippen molar-refractivity contribution in [2.24, 2.45) is 17.8 Å². The fourth-order valence-electron chi connectivity index (χ4n) is 4.90. The van der Waals surface area contributed by atoms with E-state index in [-0.39, 0.29) is 4.87 Å².